The summed E-state index contributed by atoms with van der Waals surface area (Å²) < 4.78 is 0. The highest BCUT2D eigenvalue weighted by Crippen LogP contribution is 2.10. The number of nitrogens with two attached hydrogens (primary N) is 2. The molecular weight excluding hydrogens is 184 g/mol. The molecule has 0 radical (unpaired) electrons. The summed E-state index contributed by atoms with van der Waals surface area (Å²) in [7, 11) is 0. The number of amides is 3. The van der Waals surface area contributed by atoms with Crippen LogP contribution >= 0.6 is 0 Å². The summed E-state index contributed by atoms with van der Waals surface area (Å²) in [5.41, 5.74) is 10.5. The summed E-state index contributed by atoms with van der Waals surface area (Å²) in [4.78, 5) is 23.7. The van der Waals surface area contributed by atoms with Crippen molar-refractivity contribution in [3.05, 3.63) is 0 Å². The average Bonchev–Trinajstić information content (AvgIpc) is 2.49. The van der Waals surface area contributed by atoms with Crippen molar-refractivity contribution in [1.82, 2.24) is 10.2 Å². The van der Waals surface area contributed by atoms with Crippen molar-refractivity contribution in [3.8, 4) is 0 Å². The monoisotopic (exact) mass is 200 g/mol. The zero-order chi connectivity index (χ0) is 10.7. The highest BCUT2D eigenvalue weighted by Gasteiger charge is 2.27. The predicted octanol–water partition coefficient (Wildman–Crippen LogP) is -1.40. The quantitative estimate of drug-likeness (QED) is 0.510. The maximum Gasteiger partial charge on any atom is 0.318 e. The Morgan fingerprint density at radius 1 is 1.57 bits per heavy atom. The smallest absolute Gasteiger partial charge is 0.318 e. The normalized spacial score (nSPS) is 24.6. The maximum atomic E-state index is 11.4. The first-order valence-electron chi connectivity index (χ1n) is 4.60. The molecule has 1 aliphatic heterocycles. The van der Waals surface area contributed by atoms with E-state index in [0.717, 1.165) is 13.0 Å². The molecular formula is C8H16N4O2. The van der Waals surface area contributed by atoms with Gasteiger partial charge in [-0.05, 0) is 13.3 Å². The second-order valence-corrected chi connectivity index (χ2v) is 3.57. The minimum Gasteiger partial charge on any atom is -0.351 e. The van der Waals surface area contributed by atoms with Crippen LogP contribution in [-0.2, 0) is 4.79 Å². The molecule has 0 bridgehead atoms. The second-order valence-electron chi connectivity index (χ2n) is 3.57. The van der Waals surface area contributed by atoms with Gasteiger partial charge in [0.2, 0.25) is 5.91 Å². The van der Waals surface area contributed by atoms with Crippen LogP contribution in [-0.4, -0.2) is 42.0 Å². The van der Waals surface area contributed by atoms with Crippen LogP contribution in [0.15, 0.2) is 0 Å². The van der Waals surface area contributed by atoms with Gasteiger partial charge in [-0.3, -0.25) is 15.0 Å². The van der Waals surface area contributed by atoms with Gasteiger partial charge in [-0.1, -0.05) is 0 Å². The Bertz CT molecular complexity index is 243. The lowest BCUT2D eigenvalue weighted by Gasteiger charge is -2.22. The van der Waals surface area contributed by atoms with Crippen LogP contribution in [0, 0.1) is 0 Å². The number of urea groups is 1. The molecule has 1 saturated heterocycles. The highest BCUT2D eigenvalue weighted by atomic mass is 16.2. The fourth-order valence-electron chi connectivity index (χ4n) is 1.56. The van der Waals surface area contributed by atoms with Gasteiger partial charge in [0, 0.05) is 19.1 Å². The van der Waals surface area contributed by atoms with Crippen molar-refractivity contribution in [3.63, 3.8) is 0 Å². The van der Waals surface area contributed by atoms with Crippen molar-refractivity contribution in [2.75, 3.05) is 13.1 Å². The van der Waals surface area contributed by atoms with E-state index >= 15 is 0 Å². The highest BCUT2D eigenvalue weighted by molar-refractivity contribution is 5.96. The first-order chi connectivity index (χ1) is 6.50. The van der Waals surface area contributed by atoms with Crippen LogP contribution in [0.2, 0.25) is 0 Å². The number of primary amides is 1. The first-order valence-corrected chi connectivity index (χ1v) is 4.60. The minimum absolute atomic E-state index is 0.124. The average molecular weight is 200 g/mol. The van der Waals surface area contributed by atoms with Gasteiger partial charge in [0.1, 0.15) is 0 Å². The number of carbonyl (C=O) groups is 2. The molecule has 0 aromatic rings. The number of hydrogen-bond acceptors (Lipinski definition) is 4. The number of nitrogens with one attached hydrogen (secondary N) is 1. The standard InChI is InChI=1S/C8H16N4O2/c1-5(7(13)11-8(10)14)12-3-2-6(9)4-12/h5-6H,2-4,9H2,1H3,(H3,10,11,13,14)/t5?,6-/m1/s1. The minimum atomic E-state index is -0.814. The molecule has 2 atom stereocenters. The van der Waals surface area contributed by atoms with Gasteiger partial charge in [-0.2, -0.15) is 0 Å². The molecule has 6 nitrogen and oxygen atoms in total. The van der Waals surface area contributed by atoms with Crippen LogP contribution in [0.1, 0.15) is 13.3 Å². The van der Waals surface area contributed by atoms with Crippen LogP contribution < -0.4 is 16.8 Å². The molecule has 1 unspecified atom stereocenters. The molecule has 0 spiro atoms. The van der Waals surface area contributed by atoms with Crippen LogP contribution in [0.5, 0.6) is 0 Å². The summed E-state index contributed by atoms with van der Waals surface area (Å²) in [6.07, 6.45) is 0.883. The molecule has 0 aliphatic carbocycles. The molecule has 1 aliphatic rings. The third-order valence-electron chi connectivity index (χ3n) is 2.43. The van der Waals surface area contributed by atoms with Gasteiger partial charge in [0.05, 0.1) is 6.04 Å². The summed E-state index contributed by atoms with van der Waals surface area (Å²) >= 11 is 0. The first kappa shape index (κ1) is 10.9. The Labute approximate surface area is 82.6 Å². The van der Waals surface area contributed by atoms with E-state index in [4.69, 9.17) is 11.5 Å². The van der Waals surface area contributed by atoms with Gasteiger partial charge >= 0.3 is 6.03 Å². The fraction of sp³-hybridized carbons (Fsp3) is 0.750. The zero-order valence-electron chi connectivity index (χ0n) is 8.19. The van der Waals surface area contributed by atoms with Crippen molar-refractivity contribution >= 4 is 11.9 Å². The number of likely N-dealkylation sites (tertiary alicyclic amines) is 1. The van der Waals surface area contributed by atoms with Crippen LogP contribution in [0.25, 0.3) is 0 Å². The Morgan fingerprint density at radius 3 is 2.64 bits per heavy atom. The SMILES string of the molecule is CC(C(=O)NC(N)=O)N1CC[C@@H](N)C1. The van der Waals surface area contributed by atoms with Crippen molar-refractivity contribution < 1.29 is 9.59 Å². The molecule has 5 N–H and O–H groups in total. The molecule has 1 fully saturated rings. The van der Waals surface area contributed by atoms with Crippen molar-refractivity contribution in [2.45, 2.75) is 25.4 Å². The van der Waals surface area contributed by atoms with E-state index in [0.29, 0.717) is 6.54 Å². The number of imide groups is 1. The molecule has 3 amide bonds. The lowest BCUT2D eigenvalue weighted by atomic mass is 10.3. The van der Waals surface area contributed by atoms with E-state index in [1.54, 1.807) is 6.92 Å². The van der Waals surface area contributed by atoms with Gasteiger partial charge in [-0.15, -0.1) is 0 Å². The van der Waals surface area contributed by atoms with Gasteiger partial charge in [0.15, 0.2) is 0 Å². The van der Waals surface area contributed by atoms with Crippen LogP contribution in [0.4, 0.5) is 4.79 Å². The van der Waals surface area contributed by atoms with Crippen molar-refractivity contribution in [2.24, 2.45) is 11.5 Å². The molecule has 1 rings (SSSR count). The third kappa shape index (κ3) is 2.68. The number of nitrogens with zero attached hydrogens (tertiary/aromatic N) is 1. The second kappa shape index (κ2) is 4.39. The maximum absolute atomic E-state index is 11.4. The molecule has 14 heavy (non-hydrogen) atoms. The number of hydrogen-bond donors (Lipinski definition) is 3. The van der Waals surface area contributed by atoms with Crippen molar-refractivity contribution in [1.29, 1.82) is 0 Å². The molecule has 0 aromatic heterocycles. The lowest BCUT2D eigenvalue weighted by Crippen LogP contribution is -2.48. The van der Waals surface area contributed by atoms with E-state index in [2.05, 4.69) is 5.32 Å². The van der Waals surface area contributed by atoms with E-state index in [1.807, 2.05) is 4.90 Å². The predicted molar refractivity (Wildman–Crippen MR) is 51.4 cm³/mol. The molecule has 0 aromatic carbocycles. The fourth-order valence-corrected chi connectivity index (χ4v) is 1.56. The lowest BCUT2D eigenvalue weighted by molar-refractivity contribution is -0.124. The Morgan fingerprint density at radius 2 is 2.21 bits per heavy atom. The van der Waals surface area contributed by atoms with E-state index in [1.165, 1.54) is 0 Å². The Kier molecular flexibility index (Phi) is 3.43. The number of carbonyl (C=O) groups excluding carboxylic acids is 2. The summed E-state index contributed by atoms with van der Waals surface area (Å²) in [5, 5.41) is 2.05. The van der Waals surface area contributed by atoms with E-state index < -0.39 is 6.03 Å². The summed E-state index contributed by atoms with van der Waals surface area (Å²) in [6, 6.07) is -1.04. The molecule has 6 heteroatoms. The largest absolute Gasteiger partial charge is 0.351 e. The summed E-state index contributed by atoms with van der Waals surface area (Å²) in [5.74, 6) is -0.369. The molecule has 80 valence electrons. The third-order valence-corrected chi connectivity index (χ3v) is 2.43. The Balaban J connectivity index is 2.44. The van der Waals surface area contributed by atoms with Gasteiger partial charge in [0.25, 0.3) is 0 Å². The Hall–Kier alpha value is -1.14. The zero-order valence-corrected chi connectivity index (χ0v) is 8.19. The topological polar surface area (TPSA) is 101 Å². The van der Waals surface area contributed by atoms with E-state index in [-0.39, 0.29) is 18.0 Å². The molecule has 1 heterocycles. The van der Waals surface area contributed by atoms with E-state index in [9.17, 15) is 9.59 Å². The van der Waals surface area contributed by atoms with Gasteiger partial charge in [-0.25, -0.2) is 4.79 Å². The van der Waals surface area contributed by atoms with Crippen LogP contribution in [0.3, 0.4) is 0 Å². The number of rotatable bonds is 2. The van der Waals surface area contributed by atoms with Gasteiger partial charge < -0.3 is 11.5 Å². The molecule has 0 saturated carbocycles. The summed E-state index contributed by atoms with van der Waals surface area (Å²) in [6.45, 7) is 3.21.